The highest BCUT2D eigenvalue weighted by molar-refractivity contribution is 9.10. The average Bonchev–Trinajstić information content (AvgIpc) is 2.80. The lowest BCUT2D eigenvalue weighted by Gasteiger charge is -2.27. The fraction of sp³-hybridized carbons (Fsp3) is 0.130. The summed E-state index contributed by atoms with van der Waals surface area (Å²) >= 11 is 8.41. The second kappa shape index (κ2) is 11.0. The highest BCUT2D eigenvalue weighted by Gasteiger charge is 2.32. The van der Waals surface area contributed by atoms with E-state index in [-0.39, 0.29) is 35.3 Å². The molecule has 3 rings (SSSR count). The Morgan fingerprint density at radius 2 is 2.00 bits per heavy atom. The van der Waals surface area contributed by atoms with Crippen molar-refractivity contribution in [3.05, 3.63) is 70.5 Å². The third-order valence-corrected chi connectivity index (χ3v) is 5.45. The van der Waals surface area contributed by atoms with Crippen LogP contribution in [0.1, 0.15) is 5.56 Å². The molecule has 1 heterocycles. The van der Waals surface area contributed by atoms with E-state index in [9.17, 15) is 18.8 Å². The Hall–Kier alpha value is -3.57. The molecule has 1 saturated heterocycles. The number of halogens is 2. The van der Waals surface area contributed by atoms with Gasteiger partial charge in [0.15, 0.2) is 23.2 Å². The van der Waals surface area contributed by atoms with Crippen molar-refractivity contribution < 1.29 is 28.2 Å². The van der Waals surface area contributed by atoms with Crippen molar-refractivity contribution in [1.82, 2.24) is 10.2 Å². The number of methoxy groups -OCH3 is 1. The molecular formula is C23H19BrFN3O5S. The predicted molar refractivity (Wildman–Crippen MR) is 132 cm³/mol. The highest BCUT2D eigenvalue weighted by atomic mass is 79.9. The predicted octanol–water partition coefficient (Wildman–Crippen LogP) is 3.43. The monoisotopic (exact) mass is 547 g/mol. The third kappa shape index (κ3) is 5.86. The number of benzene rings is 2. The number of amides is 3. The first kappa shape index (κ1) is 25.1. The number of hydrogen-bond acceptors (Lipinski definition) is 6. The molecule has 1 aliphatic rings. The first-order valence-corrected chi connectivity index (χ1v) is 11.0. The Labute approximate surface area is 208 Å². The molecule has 1 fully saturated rings. The number of carbonyl (C=O) groups excluding carboxylic acids is 3. The fourth-order valence-electron chi connectivity index (χ4n) is 2.99. The van der Waals surface area contributed by atoms with E-state index in [1.165, 1.54) is 48.4 Å². The van der Waals surface area contributed by atoms with Crippen LogP contribution in [0, 0.1) is 5.82 Å². The summed E-state index contributed by atoms with van der Waals surface area (Å²) in [6.45, 7) is 3.39. The minimum absolute atomic E-state index is 0.00785. The summed E-state index contributed by atoms with van der Waals surface area (Å²) in [7, 11) is 1.41. The number of thiocarbonyl (C=S) groups is 1. The van der Waals surface area contributed by atoms with Gasteiger partial charge in [0.1, 0.15) is 11.4 Å². The molecular weight excluding hydrogens is 529 g/mol. The van der Waals surface area contributed by atoms with Crippen LogP contribution in [0.15, 0.2) is 59.1 Å². The van der Waals surface area contributed by atoms with E-state index in [0.717, 1.165) is 0 Å². The molecule has 0 spiro atoms. The summed E-state index contributed by atoms with van der Waals surface area (Å²) in [4.78, 5) is 38.5. The van der Waals surface area contributed by atoms with Gasteiger partial charge in [-0.1, -0.05) is 6.08 Å². The number of ether oxygens (including phenoxy) is 2. The number of rotatable bonds is 8. The van der Waals surface area contributed by atoms with Gasteiger partial charge in [-0.3, -0.25) is 24.6 Å². The smallest absolute Gasteiger partial charge is 0.265 e. The number of nitrogens with one attached hydrogen (secondary N) is 2. The van der Waals surface area contributed by atoms with Gasteiger partial charge in [0.25, 0.3) is 17.7 Å². The molecule has 2 aromatic rings. The molecule has 0 unspecified atom stereocenters. The maximum Gasteiger partial charge on any atom is 0.265 e. The molecule has 1 aliphatic heterocycles. The maximum absolute atomic E-state index is 13.0. The summed E-state index contributed by atoms with van der Waals surface area (Å²) in [6.07, 6.45) is 2.89. The summed E-state index contributed by atoms with van der Waals surface area (Å²) in [5.74, 6) is -1.55. The summed E-state index contributed by atoms with van der Waals surface area (Å²) in [5.41, 5.74) is 0.775. The van der Waals surface area contributed by atoms with Gasteiger partial charge < -0.3 is 14.8 Å². The van der Waals surface area contributed by atoms with Crippen LogP contribution in [0.5, 0.6) is 11.5 Å². The van der Waals surface area contributed by atoms with E-state index >= 15 is 0 Å². The molecule has 0 radical (unpaired) electrons. The molecule has 34 heavy (non-hydrogen) atoms. The van der Waals surface area contributed by atoms with Crippen LogP contribution in [0.4, 0.5) is 10.1 Å². The average molecular weight is 548 g/mol. The van der Waals surface area contributed by atoms with E-state index < -0.39 is 23.5 Å². The SMILES string of the molecule is C=CCN1C(=O)/C(=C/c2cc(Br)c(OCC(=O)Nc3ccc(F)cc3)c(OC)c2)C(=O)NC1=S. The molecule has 0 saturated carbocycles. The van der Waals surface area contributed by atoms with Crippen molar-refractivity contribution in [1.29, 1.82) is 0 Å². The first-order chi connectivity index (χ1) is 16.2. The Kier molecular flexibility index (Phi) is 8.13. The number of carbonyl (C=O) groups is 3. The van der Waals surface area contributed by atoms with E-state index in [1.54, 1.807) is 12.1 Å². The van der Waals surface area contributed by atoms with Gasteiger partial charge in [0, 0.05) is 12.2 Å². The summed E-state index contributed by atoms with van der Waals surface area (Å²) in [6, 6.07) is 8.47. The fourth-order valence-corrected chi connectivity index (χ4v) is 3.81. The summed E-state index contributed by atoms with van der Waals surface area (Å²) < 4.78 is 24.4. The van der Waals surface area contributed by atoms with Crippen molar-refractivity contribution in [3.63, 3.8) is 0 Å². The van der Waals surface area contributed by atoms with Gasteiger partial charge in [-0.05, 0) is 76.2 Å². The van der Waals surface area contributed by atoms with Crippen molar-refractivity contribution in [3.8, 4) is 11.5 Å². The van der Waals surface area contributed by atoms with Gasteiger partial charge in [-0.25, -0.2) is 4.39 Å². The molecule has 0 aliphatic carbocycles. The van der Waals surface area contributed by atoms with Crippen LogP contribution in [0.2, 0.25) is 0 Å². The van der Waals surface area contributed by atoms with Crippen LogP contribution in [0.3, 0.4) is 0 Å². The van der Waals surface area contributed by atoms with Crippen LogP contribution < -0.4 is 20.1 Å². The van der Waals surface area contributed by atoms with Crippen molar-refractivity contribution in [2.24, 2.45) is 0 Å². The van der Waals surface area contributed by atoms with Crippen LogP contribution in [0.25, 0.3) is 6.08 Å². The lowest BCUT2D eigenvalue weighted by Crippen LogP contribution is -2.53. The zero-order valence-electron chi connectivity index (χ0n) is 17.9. The number of hydrogen-bond donors (Lipinski definition) is 2. The number of nitrogens with zero attached hydrogens (tertiary/aromatic N) is 1. The van der Waals surface area contributed by atoms with E-state index in [2.05, 4.69) is 33.1 Å². The quantitative estimate of drug-likeness (QED) is 0.227. The molecule has 3 amide bonds. The van der Waals surface area contributed by atoms with Gasteiger partial charge in [-0.2, -0.15) is 0 Å². The topological polar surface area (TPSA) is 97.0 Å². The van der Waals surface area contributed by atoms with Crippen LogP contribution in [-0.2, 0) is 14.4 Å². The number of anilines is 1. The standard InChI is InChI=1S/C23H19BrFN3O5S/c1-3-8-28-22(31)16(21(30)27-23(28)34)9-13-10-17(24)20(18(11-13)32-2)33-12-19(29)26-15-6-4-14(25)5-7-15/h3-7,9-11H,1,8,12H2,2H3,(H,26,29)(H,27,30,34)/b16-9+. The van der Waals surface area contributed by atoms with E-state index in [4.69, 9.17) is 21.7 Å². The highest BCUT2D eigenvalue weighted by Crippen LogP contribution is 2.37. The minimum Gasteiger partial charge on any atom is -0.493 e. The molecule has 11 heteroatoms. The van der Waals surface area contributed by atoms with Crippen LogP contribution in [-0.4, -0.2) is 48.0 Å². The lowest BCUT2D eigenvalue weighted by molar-refractivity contribution is -0.128. The summed E-state index contributed by atoms with van der Waals surface area (Å²) in [5, 5.41) is 5.07. The lowest BCUT2D eigenvalue weighted by atomic mass is 10.1. The molecule has 2 N–H and O–H groups in total. The Morgan fingerprint density at radius 1 is 1.29 bits per heavy atom. The van der Waals surface area contributed by atoms with Gasteiger partial charge in [0.2, 0.25) is 0 Å². The zero-order chi connectivity index (χ0) is 24.8. The van der Waals surface area contributed by atoms with Gasteiger partial charge in [0.05, 0.1) is 11.6 Å². The molecule has 0 bridgehead atoms. The normalized spacial score (nSPS) is 14.6. The van der Waals surface area contributed by atoms with E-state index in [0.29, 0.717) is 15.7 Å². The first-order valence-electron chi connectivity index (χ1n) is 9.79. The molecule has 8 nitrogen and oxygen atoms in total. The van der Waals surface area contributed by atoms with E-state index in [1.807, 2.05) is 0 Å². The van der Waals surface area contributed by atoms with Crippen LogP contribution >= 0.6 is 28.1 Å². The van der Waals surface area contributed by atoms with Gasteiger partial charge in [-0.15, -0.1) is 6.58 Å². The molecule has 176 valence electrons. The zero-order valence-corrected chi connectivity index (χ0v) is 20.3. The third-order valence-electron chi connectivity index (χ3n) is 4.54. The second-order valence-corrected chi connectivity index (χ2v) is 8.14. The van der Waals surface area contributed by atoms with Crippen molar-refractivity contribution in [2.75, 3.05) is 25.6 Å². The second-order valence-electron chi connectivity index (χ2n) is 6.90. The largest absolute Gasteiger partial charge is 0.493 e. The molecule has 0 atom stereocenters. The molecule has 2 aromatic carbocycles. The Morgan fingerprint density at radius 3 is 2.65 bits per heavy atom. The van der Waals surface area contributed by atoms with Crippen molar-refractivity contribution >= 4 is 62.7 Å². The van der Waals surface area contributed by atoms with Crippen molar-refractivity contribution in [2.45, 2.75) is 0 Å². The Balaban J connectivity index is 1.78. The molecule has 0 aromatic heterocycles. The maximum atomic E-state index is 13.0. The minimum atomic E-state index is -0.622. The van der Waals surface area contributed by atoms with Gasteiger partial charge >= 0.3 is 0 Å². The Bertz CT molecular complexity index is 1200.